The van der Waals surface area contributed by atoms with Crippen LogP contribution in [-0.4, -0.2) is 18.4 Å². The minimum atomic E-state index is -0.238. The number of anilines is 1. The van der Waals surface area contributed by atoms with Crippen molar-refractivity contribution >= 4 is 17.5 Å². The summed E-state index contributed by atoms with van der Waals surface area (Å²) in [6, 6.07) is 21.8. The van der Waals surface area contributed by atoms with Gasteiger partial charge in [0.25, 0.3) is 11.8 Å². The van der Waals surface area contributed by atoms with Crippen molar-refractivity contribution in [3.63, 3.8) is 0 Å². The van der Waals surface area contributed by atoms with E-state index in [0.29, 0.717) is 29.1 Å². The van der Waals surface area contributed by atoms with E-state index in [0.717, 1.165) is 17.7 Å². The number of fused-ring (bicyclic) bond motifs is 1. The highest BCUT2D eigenvalue weighted by Gasteiger charge is 2.17. The molecular formula is C22H18N2O3. The molecule has 134 valence electrons. The van der Waals surface area contributed by atoms with Gasteiger partial charge in [0, 0.05) is 23.4 Å². The van der Waals surface area contributed by atoms with Crippen LogP contribution >= 0.6 is 0 Å². The van der Waals surface area contributed by atoms with Gasteiger partial charge in [-0.2, -0.15) is 0 Å². The van der Waals surface area contributed by atoms with Crippen LogP contribution in [0.4, 0.5) is 5.69 Å². The number of ether oxygens (including phenoxy) is 1. The summed E-state index contributed by atoms with van der Waals surface area (Å²) in [4.78, 5) is 24.4. The first-order chi connectivity index (χ1) is 13.2. The summed E-state index contributed by atoms with van der Waals surface area (Å²) < 4.78 is 5.73. The maximum Gasteiger partial charge on any atom is 0.255 e. The van der Waals surface area contributed by atoms with Crippen LogP contribution in [0.25, 0.3) is 0 Å². The van der Waals surface area contributed by atoms with E-state index in [9.17, 15) is 9.59 Å². The number of hydrogen-bond donors (Lipinski definition) is 2. The third kappa shape index (κ3) is 3.82. The first-order valence-corrected chi connectivity index (χ1v) is 8.74. The second kappa shape index (κ2) is 7.33. The lowest BCUT2D eigenvalue weighted by Crippen LogP contribution is -2.31. The van der Waals surface area contributed by atoms with E-state index in [2.05, 4.69) is 10.6 Å². The summed E-state index contributed by atoms with van der Waals surface area (Å²) in [7, 11) is 0. The highest BCUT2D eigenvalue weighted by atomic mass is 16.5. The molecular weight excluding hydrogens is 340 g/mol. The molecule has 0 saturated carbocycles. The lowest BCUT2D eigenvalue weighted by molar-refractivity contribution is 0.0944. The summed E-state index contributed by atoms with van der Waals surface area (Å²) in [6.45, 7) is 0.648. The second-order valence-electron chi connectivity index (χ2n) is 6.27. The number of carbonyl (C=O) groups is 2. The maximum absolute atomic E-state index is 12.5. The minimum absolute atomic E-state index is 0.102. The van der Waals surface area contributed by atoms with Gasteiger partial charge in [-0.3, -0.25) is 9.59 Å². The van der Waals surface area contributed by atoms with Gasteiger partial charge in [-0.1, -0.05) is 24.3 Å². The Morgan fingerprint density at radius 3 is 2.44 bits per heavy atom. The zero-order valence-electron chi connectivity index (χ0n) is 14.6. The molecule has 5 heteroatoms. The van der Waals surface area contributed by atoms with Crippen molar-refractivity contribution in [2.45, 2.75) is 6.42 Å². The Kier molecular flexibility index (Phi) is 4.58. The molecule has 0 spiro atoms. The fourth-order valence-electron chi connectivity index (χ4n) is 2.99. The molecule has 0 saturated heterocycles. The van der Waals surface area contributed by atoms with Gasteiger partial charge in [0.1, 0.15) is 11.5 Å². The van der Waals surface area contributed by atoms with E-state index in [1.165, 1.54) is 0 Å². The average Bonchev–Trinajstić information content (AvgIpc) is 2.70. The van der Waals surface area contributed by atoms with Gasteiger partial charge in [0.05, 0.1) is 0 Å². The molecule has 1 aliphatic heterocycles. The van der Waals surface area contributed by atoms with Gasteiger partial charge in [-0.25, -0.2) is 0 Å². The highest BCUT2D eigenvalue weighted by molar-refractivity contribution is 6.05. The van der Waals surface area contributed by atoms with E-state index in [-0.39, 0.29) is 11.8 Å². The number of hydrogen-bond acceptors (Lipinski definition) is 3. The van der Waals surface area contributed by atoms with Gasteiger partial charge in [0.2, 0.25) is 0 Å². The number of para-hydroxylation sites is 1. The topological polar surface area (TPSA) is 67.4 Å². The van der Waals surface area contributed by atoms with Gasteiger partial charge in [0.15, 0.2) is 0 Å². The number of amides is 2. The van der Waals surface area contributed by atoms with Crippen LogP contribution in [-0.2, 0) is 6.42 Å². The summed E-state index contributed by atoms with van der Waals surface area (Å²) in [5, 5.41) is 5.65. The van der Waals surface area contributed by atoms with Crippen LogP contribution in [0, 0.1) is 0 Å². The molecule has 0 unspecified atom stereocenters. The summed E-state index contributed by atoms with van der Waals surface area (Å²) >= 11 is 0. The van der Waals surface area contributed by atoms with Crippen molar-refractivity contribution in [3.05, 3.63) is 89.5 Å². The molecule has 0 aliphatic carbocycles. The number of benzene rings is 3. The standard InChI is InChI=1S/C22H18N2O3/c25-21(24-17-9-6-15-12-13-23-22(26)20(15)14-17)16-7-10-19(11-8-16)27-18-4-2-1-3-5-18/h1-11,14H,12-13H2,(H,23,26)(H,24,25). The van der Waals surface area contributed by atoms with Crippen molar-refractivity contribution in [2.75, 3.05) is 11.9 Å². The van der Waals surface area contributed by atoms with Gasteiger partial charge in [-0.15, -0.1) is 0 Å². The summed E-state index contributed by atoms with van der Waals surface area (Å²) in [6.07, 6.45) is 0.804. The van der Waals surface area contributed by atoms with Gasteiger partial charge < -0.3 is 15.4 Å². The molecule has 0 fully saturated rings. The normalized spacial score (nSPS) is 12.7. The maximum atomic E-state index is 12.5. The molecule has 2 N–H and O–H groups in total. The SMILES string of the molecule is O=C(Nc1ccc2c(c1)C(=O)NCC2)c1ccc(Oc2ccccc2)cc1. The Hall–Kier alpha value is -3.60. The van der Waals surface area contributed by atoms with Crippen LogP contribution in [0.3, 0.4) is 0 Å². The molecule has 1 heterocycles. The summed E-state index contributed by atoms with van der Waals surface area (Å²) in [5.41, 5.74) is 2.72. The molecule has 3 aromatic carbocycles. The fourth-order valence-corrected chi connectivity index (χ4v) is 2.99. The van der Waals surface area contributed by atoms with Gasteiger partial charge in [-0.05, 0) is 60.5 Å². The fraction of sp³-hybridized carbons (Fsp3) is 0.0909. The van der Waals surface area contributed by atoms with Crippen LogP contribution in [0.15, 0.2) is 72.8 Å². The second-order valence-corrected chi connectivity index (χ2v) is 6.27. The lowest BCUT2D eigenvalue weighted by Gasteiger charge is -2.17. The molecule has 0 atom stereocenters. The molecule has 0 radical (unpaired) electrons. The Balaban J connectivity index is 1.45. The van der Waals surface area contributed by atoms with Crippen LogP contribution in [0.1, 0.15) is 26.3 Å². The Morgan fingerprint density at radius 1 is 0.926 bits per heavy atom. The van der Waals surface area contributed by atoms with Crippen molar-refractivity contribution in [2.24, 2.45) is 0 Å². The van der Waals surface area contributed by atoms with E-state index in [1.54, 1.807) is 30.3 Å². The van der Waals surface area contributed by atoms with Crippen molar-refractivity contribution < 1.29 is 14.3 Å². The molecule has 4 rings (SSSR count). The van der Waals surface area contributed by atoms with Crippen LogP contribution < -0.4 is 15.4 Å². The number of nitrogens with one attached hydrogen (secondary N) is 2. The molecule has 2 amide bonds. The Morgan fingerprint density at radius 2 is 1.67 bits per heavy atom. The van der Waals surface area contributed by atoms with E-state index in [1.807, 2.05) is 42.5 Å². The monoisotopic (exact) mass is 358 g/mol. The zero-order chi connectivity index (χ0) is 18.6. The molecule has 0 bridgehead atoms. The average molecular weight is 358 g/mol. The van der Waals surface area contributed by atoms with Gasteiger partial charge >= 0.3 is 0 Å². The number of rotatable bonds is 4. The first kappa shape index (κ1) is 16.8. The molecule has 3 aromatic rings. The predicted molar refractivity (Wildman–Crippen MR) is 103 cm³/mol. The zero-order valence-corrected chi connectivity index (χ0v) is 14.6. The highest BCUT2D eigenvalue weighted by Crippen LogP contribution is 2.22. The largest absolute Gasteiger partial charge is 0.457 e. The third-order valence-electron chi connectivity index (χ3n) is 4.39. The Bertz CT molecular complexity index is 982. The quantitative estimate of drug-likeness (QED) is 0.740. The lowest BCUT2D eigenvalue weighted by atomic mass is 10.00. The Labute approximate surface area is 157 Å². The van der Waals surface area contributed by atoms with Crippen LogP contribution in [0.2, 0.25) is 0 Å². The van der Waals surface area contributed by atoms with E-state index < -0.39 is 0 Å². The first-order valence-electron chi connectivity index (χ1n) is 8.74. The van der Waals surface area contributed by atoms with Crippen molar-refractivity contribution in [1.29, 1.82) is 0 Å². The van der Waals surface area contributed by atoms with Crippen LogP contribution in [0.5, 0.6) is 11.5 Å². The number of carbonyl (C=O) groups excluding carboxylic acids is 2. The molecule has 1 aliphatic rings. The summed E-state index contributed by atoms with van der Waals surface area (Å²) in [5.74, 6) is 1.05. The molecule has 27 heavy (non-hydrogen) atoms. The smallest absolute Gasteiger partial charge is 0.255 e. The van der Waals surface area contributed by atoms with Crippen molar-refractivity contribution in [3.8, 4) is 11.5 Å². The van der Waals surface area contributed by atoms with E-state index >= 15 is 0 Å². The third-order valence-corrected chi connectivity index (χ3v) is 4.39. The minimum Gasteiger partial charge on any atom is -0.457 e. The van der Waals surface area contributed by atoms with Crippen molar-refractivity contribution in [1.82, 2.24) is 5.32 Å². The predicted octanol–water partition coefficient (Wildman–Crippen LogP) is 4.02. The molecule has 5 nitrogen and oxygen atoms in total. The van der Waals surface area contributed by atoms with E-state index in [4.69, 9.17) is 4.74 Å². The molecule has 0 aromatic heterocycles.